The number of aromatic nitrogens is 2. The fourth-order valence-electron chi connectivity index (χ4n) is 5.08. The predicted molar refractivity (Wildman–Crippen MR) is 153 cm³/mol. The molecule has 38 heavy (non-hydrogen) atoms. The van der Waals surface area contributed by atoms with Gasteiger partial charge < -0.3 is 10.2 Å². The molecule has 3 aromatic rings. The van der Waals surface area contributed by atoms with E-state index in [1.807, 2.05) is 34.6 Å². The highest BCUT2D eigenvalue weighted by Crippen LogP contribution is 2.32. The average Bonchev–Trinajstić information content (AvgIpc) is 3.62. The molecule has 198 valence electrons. The van der Waals surface area contributed by atoms with Crippen LogP contribution in [0.5, 0.6) is 0 Å². The highest BCUT2D eigenvalue weighted by Gasteiger charge is 2.29. The van der Waals surface area contributed by atoms with E-state index in [1.165, 1.54) is 17.3 Å². The van der Waals surface area contributed by atoms with Crippen LogP contribution < -0.4 is 5.32 Å². The molecule has 0 saturated carbocycles. The van der Waals surface area contributed by atoms with E-state index in [2.05, 4.69) is 46.0 Å². The summed E-state index contributed by atoms with van der Waals surface area (Å²) in [5.41, 5.74) is 2.45. The Morgan fingerprint density at radius 1 is 1.11 bits per heavy atom. The van der Waals surface area contributed by atoms with Crippen molar-refractivity contribution < 1.29 is 9.59 Å². The summed E-state index contributed by atoms with van der Waals surface area (Å²) in [5, 5.41) is 6.80. The van der Waals surface area contributed by atoms with Crippen molar-refractivity contribution in [3.8, 4) is 0 Å². The lowest BCUT2D eigenvalue weighted by Gasteiger charge is -2.31. The largest absolute Gasteiger partial charge is 0.347 e. The number of nitrogens with one attached hydrogen (secondary N) is 1. The molecule has 2 aliphatic heterocycles. The first kappa shape index (κ1) is 26.6. The molecule has 1 aromatic carbocycles. The first-order valence-electron chi connectivity index (χ1n) is 13.1. The van der Waals surface area contributed by atoms with E-state index >= 15 is 0 Å². The van der Waals surface area contributed by atoms with E-state index in [1.54, 1.807) is 17.5 Å². The third-order valence-corrected chi connectivity index (χ3v) is 9.09. The van der Waals surface area contributed by atoms with Gasteiger partial charge in [0.15, 0.2) is 0 Å². The van der Waals surface area contributed by atoms with Gasteiger partial charge in [-0.1, -0.05) is 36.4 Å². The van der Waals surface area contributed by atoms with Gasteiger partial charge in [0.25, 0.3) is 11.8 Å². The lowest BCUT2D eigenvalue weighted by atomic mass is 9.97. The summed E-state index contributed by atoms with van der Waals surface area (Å²) in [5.74, 6) is 0.918. The van der Waals surface area contributed by atoms with Gasteiger partial charge in [0.05, 0.1) is 10.6 Å². The van der Waals surface area contributed by atoms with Crippen molar-refractivity contribution in [2.45, 2.75) is 42.8 Å². The monoisotopic (exact) mass is 547 g/mol. The normalized spacial score (nSPS) is 18.4. The van der Waals surface area contributed by atoms with E-state index in [9.17, 15) is 9.59 Å². The third kappa shape index (κ3) is 6.51. The molecule has 0 radical (unpaired) electrons. The van der Waals surface area contributed by atoms with Crippen LogP contribution in [0.15, 0.2) is 71.7 Å². The van der Waals surface area contributed by atoms with Crippen molar-refractivity contribution in [1.29, 1.82) is 0 Å². The highest BCUT2D eigenvalue weighted by atomic mass is 32.2. The van der Waals surface area contributed by atoms with Gasteiger partial charge in [-0.15, -0.1) is 29.7 Å². The molecule has 2 amide bonds. The first-order valence-corrected chi connectivity index (χ1v) is 15.0. The second kappa shape index (κ2) is 12.7. The summed E-state index contributed by atoms with van der Waals surface area (Å²) in [6.45, 7) is 7.84. The number of pyridine rings is 1. The molecule has 0 aliphatic carbocycles. The van der Waals surface area contributed by atoms with Crippen LogP contribution in [-0.4, -0.2) is 69.6 Å². The maximum atomic E-state index is 13.2. The number of likely N-dealkylation sites (tertiary alicyclic amines) is 2. The lowest BCUT2D eigenvalue weighted by Crippen LogP contribution is -2.38. The van der Waals surface area contributed by atoms with Crippen molar-refractivity contribution in [1.82, 2.24) is 25.1 Å². The number of thiazole rings is 1. The Labute approximate surface area is 232 Å². The molecule has 5 rings (SSSR count). The van der Waals surface area contributed by atoms with E-state index < -0.39 is 0 Å². The fourth-order valence-corrected chi connectivity index (χ4v) is 6.77. The number of hydrogen-bond acceptors (Lipinski definition) is 7. The molecule has 7 nitrogen and oxygen atoms in total. The first-order chi connectivity index (χ1) is 18.6. The van der Waals surface area contributed by atoms with Crippen LogP contribution >= 0.6 is 23.1 Å². The van der Waals surface area contributed by atoms with Gasteiger partial charge in [-0.2, -0.15) is 0 Å². The standard InChI is InChI=1S/C29H33N5O2S2/c1-2-17-37-28-24(9-6-13-30-28)29(36)34-15-10-22(11-16-34)27-32-25(20-38-27)26(35)31-23-12-14-33(19-23)18-21-7-4-3-5-8-21/h2-9,13,20,22-23H,1,10-12,14-19H2,(H,31,35). The van der Waals surface area contributed by atoms with Crippen molar-refractivity contribution in [2.24, 2.45) is 0 Å². The number of benzene rings is 1. The second-order valence-corrected chi connectivity index (χ2v) is 11.7. The smallest absolute Gasteiger partial charge is 0.271 e. The molecule has 2 saturated heterocycles. The maximum Gasteiger partial charge on any atom is 0.271 e. The maximum absolute atomic E-state index is 13.2. The molecule has 0 bridgehead atoms. The molecule has 2 aliphatic rings. The number of thioether (sulfide) groups is 1. The van der Waals surface area contributed by atoms with Crippen LogP contribution in [0.4, 0.5) is 0 Å². The Hall–Kier alpha value is -3.01. The molecular weight excluding hydrogens is 514 g/mol. The van der Waals surface area contributed by atoms with Crippen LogP contribution in [0.2, 0.25) is 0 Å². The highest BCUT2D eigenvalue weighted by molar-refractivity contribution is 7.99. The minimum atomic E-state index is -0.0900. The minimum absolute atomic E-state index is 0.0280. The van der Waals surface area contributed by atoms with Crippen molar-refractivity contribution in [3.63, 3.8) is 0 Å². The van der Waals surface area contributed by atoms with Crippen LogP contribution in [0.1, 0.15) is 56.6 Å². The number of rotatable bonds is 9. The van der Waals surface area contributed by atoms with Crippen LogP contribution in [0, 0.1) is 0 Å². The molecule has 0 spiro atoms. The summed E-state index contributed by atoms with van der Waals surface area (Å²) in [7, 11) is 0. The van der Waals surface area contributed by atoms with Crippen molar-refractivity contribution in [3.05, 3.63) is 88.5 Å². The molecule has 2 aromatic heterocycles. The zero-order valence-corrected chi connectivity index (χ0v) is 23.1. The van der Waals surface area contributed by atoms with Gasteiger partial charge in [-0.05, 0) is 37.0 Å². The van der Waals surface area contributed by atoms with Gasteiger partial charge in [0.2, 0.25) is 0 Å². The number of piperidine rings is 1. The van der Waals surface area contributed by atoms with E-state index in [0.717, 1.165) is 48.9 Å². The van der Waals surface area contributed by atoms with Crippen LogP contribution in [-0.2, 0) is 6.54 Å². The summed E-state index contributed by atoms with van der Waals surface area (Å²) in [4.78, 5) is 39.5. The van der Waals surface area contributed by atoms with E-state index in [-0.39, 0.29) is 23.8 Å². The van der Waals surface area contributed by atoms with Crippen LogP contribution in [0.25, 0.3) is 0 Å². The van der Waals surface area contributed by atoms with Gasteiger partial charge in [-0.25, -0.2) is 9.97 Å². The Balaban J connectivity index is 1.11. The topological polar surface area (TPSA) is 78.4 Å². The molecule has 1 unspecified atom stereocenters. The second-order valence-electron chi connectivity index (χ2n) is 9.77. The summed E-state index contributed by atoms with van der Waals surface area (Å²) < 4.78 is 0. The molecule has 9 heteroatoms. The number of carbonyl (C=O) groups excluding carboxylic acids is 2. The Bertz CT molecular complexity index is 1260. The Morgan fingerprint density at radius 3 is 2.71 bits per heavy atom. The van der Waals surface area contributed by atoms with E-state index in [4.69, 9.17) is 4.98 Å². The fraction of sp³-hybridized carbons (Fsp3) is 0.379. The van der Waals surface area contributed by atoms with Crippen molar-refractivity contribution >= 4 is 34.9 Å². The average molecular weight is 548 g/mol. The SMILES string of the molecule is C=CCSc1ncccc1C(=O)N1CCC(c2nc(C(=O)NC3CCN(Cc4ccccc4)C3)cs2)CC1. The zero-order valence-electron chi connectivity index (χ0n) is 21.4. The van der Waals surface area contributed by atoms with Gasteiger partial charge in [0.1, 0.15) is 10.7 Å². The molecule has 2 fully saturated rings. The zero-order chi connectivity index (χ0) is 26.3. The van der Waals surface area contributed by atoms with Gasteiger partial charge >= 0.3 is 0 Å². The molecule has 1 atom stereocenters. The van der Waals surface area contributed by atoms with Crippen LogP contribution in [0.3, 0.4) is 0 Å². The number of nitrogens with zero attached hydrogens (tertiary/aromatic N) is 4. The quantitative estimate of drug-likeness (QED) is 0.305. The van der Waals surface area contributed by atoms with Gasteiger partial charge in [-0.3, -0.25) is 14.5 Å². The summed E-state index contributed by atoms with van der Waals surface area (Å²) >= 11 is 3.08. The number of hydrogen-bond donors (Lipinski definition) is 1. The summed E-state index contributed by atoms with van der Waals surface area (Å²) in [6, 6.07) is 14.3. The Kier molecular flexibility index (Phi) is 8.88. The predicted octanol–water partition coefficient (Wildman–Crippen LogP) is 4.84. The summed E-state index contributed by atoms with van der Waals surface area (Å²) in [6.07, 6.45) is 6.17. The van der Waals surface area contributed by atoms with Gasteiger partial charge in [0, 0.05) is 62.0 Å². The number of amides is 2. The molecule has 1 N–H and O–H groups in total. The number of carbonyl (C=O) groups is 2. The molecule has 4 heterocycles. The minimum Gasteiger partial charge on any atom is -0.347 e. The van der Waals surface area contributed by atoms with Crippen molar-refractivity contribution in [2.75, 3.05) is 31.9 Å². The third-order valence-electron chi connectivity index (χ3n) is 7.08. The lowest BCUT2D eigenvalue weighted by molar-refractivity contribution is 0.0708. The Morgan fingerprint density at radius 2 is 1.92 bits per heavy atom. The molecular formula is C29H33N5O2S2. The van der Waals surface area contributed by atoms with E-state index in [0.29, 0.717) is 30.1 Å².